The van der Waals surface area contributed by atoms with Gasteiger partial charge in [0.1, 0.15) is 12.4 Å². The van der Waals surface area contributed by atoms with Crippen molar-refractivity contribution in [2.75, 3.05) is 11.4 Å². The smallest absolute Gasteiger partial charge is 0.251 e. The Labute approximate surface area is 176 Å². The highest BCUT2D eigenvalue weighted by Crippen LogP contribution is 2.21. The first-order chi connectivity index (χ1) is 14.7. The molecular formula is C25H24N2O3. The minimum absolute atomic E-state index is 0.140. The number of anilines is 1. The van der Waals surface area contributed by atoms with Crippen LogP contribution in [0.1, 0.15) is 34.3 Å². The second kappa shape index (κ2) is 9.27. The monoisotopic (exact) mass is 400 g/mol. The number of benzene rings is 3. The van der Waals surface area contributed by atoms with E-state index in [2.05, 4.69) is 5.32 Å². The summed E-state index contributed by atoms with van der Waals surface area (Å²) in [6.45, 7) is 1.66. The van der Waals surface area contributed by atoms with Gasteiger partial charge >= 0.3 is 0 Å². The highest BCUT2D eigenvalue weighted by molar-refractivity contribution is 5.97. The van der Waals surface area contributed by atoms with E-state index in [0.717, 1.165) is 35.5 Å². The van der Waals surface area contributed by atoms with E-state index >= 15 is 0 Å². The summed E-state index contributed by atoms with van der Waals surface area (Å²) in [6, 6.07) is 24.9. The molecule has 1 N–H and O–H groups in total. The molecule has 0 saturated carbocycles. The van der Waals surface area contributed by atoms with Crippen LogP contribution in [0, 0.1) is 0 Å². The topological polar surface area (TPSA) is 58.6 Å². The van der Waals surface area contributed by atoms with Crippen LogP contribution in [0.2, 0.25) is 0 Å². The van der Waals surface area contributed by atoms with Gasteiger partial charge in [-0.1, -0.05) is 42.5 Å². The molecule has 30 heavy (non-hydrogen) atoms. The Balaban J connectivity index is 1.32. The van der Waals surface area contributed by atoms with Gasteiger partial charge in [-0.2, -0.15) is 0 Å². The summed E-state index contributed by atoms with van der Waals surface area (Å²) in [5.41, 5.74) is 3.49. The fraction of sp³-hybridized carbons (Fsp3) is 0.200. The van der Waals surface area contributed by atoms with Crippen molar-refractivity contribution in [3.05, 3.63) is 95.6 Å². The third-order valence-electron chi connectivity index (χ3n) is 5.11. The van der Waals surface area contributed by atoms with Crippen molar-refractivity contribution in [3.63, 3.8) is 0 Å². The van der Waals surface area contributed by atoms with Crippen molar-refractivity contribution >= 4 is 17.5 Å². The number of amides is 2. The van der Waals surface area contributed by atoms with Crippen LogP contribution in [0.15, 0.2) is 78.9 Å². The molecular weight excluding hydrogens is 376 g/mol. The molecule has 4 rings (SSSR count). The number of nitrogens with one attached hydrogen (secondary N) is 1. The number of hydrogen-bond donors (Lipinski definition) is 1. The van der Waals surface area contributed by atoms with E-state index in [-0.39, 0.29) is 11.8 Å². The zero-order valence-corrected chi connectivity index (χ0v) is 16.7. The Bertz CT molecular complexity index is 1020. The van der Waals surface area contributed by atoms with Crippen molar-refractivity contribution in [1.82, 2.24) is 5.32 Å². The molecule has 0 bridgehead atoms. The van der Waals surface area contributed by atoms with E-state index in [1.54, 1.807) is 17.0 Å². The normalized spacial score (nSPS) is 13.3. The van der Waals surface area contributed by atoms with Crippen molar-refractivity contribution in [1.29, 1.82) is 0 Å². The van der Waals surface area contributed by atoms with Gasteiger partial charge in [-0.3, -0.25) is 9.59 Å². The van der Waals surface area contributed by atoms with Gasteiger partial charge in [0, 0.05) is 30.8 Å². The van der Waals surface area contributed by atoms with Crippen molar-refractivity contribution in [3.8, 4) is 5.75 Å². The van der Waals surface area contributed by atoms with Crippen molar-refractivity contribution in [2.24, 2.45) is 0 Å². The molecule has 0 radical (unpaired) electrons. The summed E-state index contributed by atoms with van der Waals surface area (Å²) in [6.07, 6.45) is 1.48. The predicted octanol–water partition coefficient (Wildman–Crippen LogP) is 4.32. The number of hydrogen-bond acceptors (Lipinski definition) is 3. The van der Waals surface area contributed by atoms with Crippen LogP contribution in [0.4, 0.5) is 5.69 Å². The van der Waals surface area contributed by atoms with E-state index in [9.17, 15) is 9.59 Å². The van der Waals surface area contributed by atoms with Gasteiger partial charge in [0.15, 0.2) is 0 Å². The molecule has 1 aliphatic heterocycles. The molecule has 1 fully saturated rings. The van der Waals surface area contributed by atoms with Crippen molar-refractivity contribution in [2.45, 2.75) is 26.0 Å². The van der Waals surface area contributed by atoms with Crippen LogP contribution in [0.3, 0.4) is 0 Å². The zero-order chi connectivity index (χ0) is 20.8. The molecule has 1 saturated heterocycles. The Morgan fingerprint density at radius 3 is 2.43 bits per heavy atom. The summed E-state index contributed by atoms with van der Waals surface area (Å²) in [5, 5.41) is 2.94. The fourth-order valence-corrected chi connectivity index (χ4v) is 3.48. The number of nitrogens with zero attached hydrogens (tertiary/aromatic N) is 1. The van der Waals surface area contributed by atoms with Gasteiger partial charge in [-0.05, 0) is 53.9 Å². The number of carbonyl (C=O) groups excluding carboxylic acids is 2. The van der Waals surface area contributed by atoms with Crippen LogP contribution in [0.5, 0.6) is 5.75 Å². The van der Waals surface area contributed by atoms with Crippen LogP contribution < -0.4 is 15.0 Å². The Hall–Kier alpha value is -3.60. The standard InChI is InChI=1S/C25H24N2O3/c28-24-10-5-15-27(24)22-13-11-21(12-14-22)25(29)26-17-20-8-4-9-23(16-20)30-18-19-6-2-1-3-7-19/h1-4,6-9,11-14,16H,5,10,15,17-18H2,(H,26,29). The average Bonchev–Trinajstić information content (AvgIpc) is 3.23. The van der Waals surface area contributed by atoms with Crippen LogP contribution >= 0.6 is 0 Å². The summed E-state index contributed by atoms with van der Waals surface area (Å²) >= 11 is 0. The van der Waals surface area contributed by atoms with Gasteiger partial charge in [0.2, 0.25) is 5.91 Å². The predicted molar refractivity (Wildman–Crippen MR) is 116 cm³/mol. The van der Waals surface area contributed by atoms with Gasteiger partial charge < -0.3 is 15.0 Å². The van der Waals surface area contributed by atoms with Crippen LogP contribution in [-0.4, -0.2) is 18.4 Å². The summed E-state index contributed by atoms with van der Waals surface area (Å²) in [5.74, 6) is 0.761. The number of ether oxygens (including phenoxy) is 1. The molecule has 0 aromatic heterocycles. The van der Waals surface area contributed by atoms with Gasteiger partial charge in [0.25, 0.3) is 5.91 Å². The second-order valence-electron chi connectivity index (χ2n) is 7.30. The molecule has 0 unspecified atom stereocenters. The molecule has 0 atom stereocenters. The van der Waals surface area contributed by atoms with E-state index in [1.807, 2.05) is 66.7 Å². The lowest BCUT2D eigenvalue weighted by Crippen LogP contribution is -2.25. The maximum absolute atomic E-state index is 12.5. The average molecular weight is 400 g/mol. The molecule has 3 aromatic rings. The lowest BCUT2D eigenvalue weighted by molar-refractivity contribution is -0.117. The lowest BCUT2D eigenvalue weighted by Gasteiger charge is -2.15. The molecule has 3 aromatic carbocycles. The Kier molecular flexibility index (Phi) is 6.09. The van der Waals surface area contributed by atoms with E-state index in [4.69, 9.17) is 4.74 Å². The first-order valence-corrected chi connectivity index (χ1v) is 10.1. The summed E-state index contributed by atoms with van der Waals surface area (Å²) < 4.78 is 5.85. The largest absolute Gasteiger partial charge is 0.489 e. The van der Waals surface area contributed by atoms with Gasteiger partial charge in [-0.25, -0.2) is 0 Å². The quantitative estimate of drug-likeness (QED) is 0.642. The van der Waals surface area contributed by atoms with Gasteiger partial charge in [-0.15, -0.1) is 0 Å². The van der Waals surface area contributed by atoms with E-state index < -0.39 is 0 Å². The third-order valence-corrected chi connectivity index (χ3v) is 5.11. The molecule has 152 valence electrons. The lowest BCUT2D eigenvalue weighted by atomic mass is 10.1. The number of rotatable bonds is 7. The minimum atomic E-state index is -0.148. The minimum Gasteiger partial charge on any atom is -0.489 e. The SMILES string of the molecule is O=C(NCc1cccc(OCc2ccccc2)c1)c1ccc(N2CCCC2=O)cc1. The molecule has 1 aliphatic rings. The highest BCUT2D eigenvalue weighted by Gasteiger charge is 2.21. The van der Waals surface area contributed by atoms with Crippen molar-refractivity contribution < 1.29 is 14.3 Å². The number of carbonyl (C=O) groups is 2. The molecule has 2 amide bonds. The molecule has 0 aliphatic carbocycles. The first-order valence-electron chi connectivity index (χ1n) is 10.1. The zero-order valence-electron chi connectivity index (χ0n) is 16.7. The summed E-state index contributed by atoms with van der Waals surface area (Å²) in [7, 11) is 0. The Morgan fingerprint density at radius 2 is 1.70 bits per heavy atom. The fourth-order valence-electron chi connectivity index (χ4n) is 3.48. The Morgan fingerprint density at radius 1 is 0.933 bits per heavy atom. The second-order valence-corrected chi connectivity index (χ2v) is 7.30. The molecule has 5 heteroatoms. The first kappa shape index (κ1) is 19.7. The molecule has 1 heterocycles. The van der Waals surface area contributed by atoms with E-state index in [0.29, 0.717) is 25.1 Å². The van der Waals surface area contributed by atoms with Crippen LogP contribution in [0.25, 0.3) is 0 Å². The summed E-state index contributed by atoms with van der Waals surface area (Å²) in [4.78, 5) is 26.1. The maximum Gasteiger partial charge on any atom is 0.251 e. The van der Waals surface area contributed by atoms with E-state index in [1.165, 1.54) is 0 Å². The molecule has 0 spiro atoms. The highest BCUT2D eigenvalue weighted by atomic mass is 16.5. The van der Waals surface area contributed by atoms with Crippen LogP contribution in [-0.2, 0) is 17.9 Å². The van der Waals surface area contributed by atoms with Gasteiger partial charge in [0.05, 0.1) is 0 Å². The third kappa shape index (κ3) is 4.87. The maximum atomic E-state index is 12.5. The molecule has 5 nitrogen and oxygen atoms in total.